The Hall–Kier alpha value is -2.27. The van der Waals surface area contributed by atoms with Crippen molar-refractivity contribution in [2.75, 3.05) is 31.1 Å². The van der Waals surface area contributed by atoms with Crippen molar-refractivity contribution in [1.82, 2.24) is 9.88 Å². The number of aromatic hydroxyl groups is 1. The Labute approximate surface area is 133 Å². The fourth-order valence-electron chi connectivity index (χ4n) is 2.52. The Morgan fingerprint density at radius 1 is 1.14 bits per heavy atom. The van der Waals surface area contributed by atoms with Gasteiger partial charge in [-0.25, -0.2) is 4.98 Å². The summed E-state index contributed by atoms with van der Waals surface area (Å²) in [7, 11) is 0. The highest BCUT2D eigenvalue weighted by molar-refractivity contribution is 6.30. The van der Waals surface area contributed by atoms with Gasteiger partial charge in [0.25, 0.3) is 5.91 Å². The maximum Gasteiger partial charge on any atom is 0.272 e. The smallest absolute Gasteiger partial charge is 0.272 e. The van der Waals surface area contributed by atoms with Crippen molar-refractivity contribution in [3.63, 3.8) is 0 Å². The quantitative estimate of drug-likeness (QED) is 0.924. The minimum atomic E-state index is -0.0766. The molecule has 1 fully saturated rings. The number of piperazine rings is 1. The van der Waals surface area contributed by atoms with Crippen LogP contribution in [-0.4, -0.2) is 47.1 Å². The van der Waals surface area contributed by atoms with Gasteiger partial charge < -0.3 is 14.9 Å². The number of nitrogens with zero attached hydrogens (tertiary/aromatic N) is 3. The van der Waals surface area contributed by atoms with Crippen LogP contribution in [0.25, 0.3) is 0 Å². The molecule has 0 unspecified atom stereocenters. The summed E-state index contributed by atoms with van der Waals surface area (Å²) in [5, 5.41) is 10.1. The van der Waals surface area contributed by atoms with Crippen molar-refractivity contribution < 1.29 is 9.90 Å². The van der Waals surface area contributed by atoms with Crippen molar-refractivity contribution in [2.45, 2.75) is 0 Å². The van der Waals surface area contributed by atoms with Gasteiger partial charge in [-0.2, -0.15) is 0 Å². The van der Waals surface area contributed by atoms with Crippen LogP contribution in [0, 0.1) is 0 Å². The third kappa shape index (κ3) is 3.14. The first-order chi connectivity index (χ1) is 10.6. The van der Waals surface area contributed by atoms with Crippen LogP contribution < -0.4 is 4.90 Å². The molecule has 22 heavy (non-hydrogen) atoms. The lowest BCUT2D eigenvalue weighted by atomic mass is 10.2. The number of phenolic OH excluding ortho intramolecular Hbond substituents is 1. The molecule has 2 aromatic rings. The number of carbonyl (C=O) groups is 1. The molecule has 1 aliphatic rings. The molecular weight excluding hydrogens is 302 g/mol. The molecule has 0 aliphatic carbocycles. The molecule has 1 aromatic carbocycles. The molecule has 6 heteroatoms. The molecule has 1 saturated heterocycles. The zero-order valence-corrected chi connectivity index (χ0v) is 12.7. The van der Waals surface area contributed by atoms with Crippen LogP contribution in [0.2, 0.25) is 5.02 Å². The molecule has 0 saturated carbocycles. The molecule has 5 nitrogen and oxygen atoms in total. The third-order valence-corrected chi connectivity index (χ3v) is 3.93. The summed E-state index contributed by atoms with van der Waals surface area (Å²) in [6.45, 7) is 2.70. The average molecular weight is 318 g/mol. The minimum absolute atomic E-state index is 0.0766. The predicted octanol–water partition coefficient (Wildman–Crippen LogP) is 2.40. The van der Waals surface area contributed by atoms with E-state index < -0.39 is 0 Å². The van der Waals surface area contributed by atoms with Crippen LogP contribution in [-0.2, 0) is 0 Å². The lowest BCUT2D eigenvalue weighted by molar-refractivity contribution is 0.0741. The van der Waals surface area contributed by atoms with E-state index >= 15 is 0 Å². The van der Waals surface area contributed by atoms with E-state index in [0.29, 0.717) is 23.8 Å². The molecule has 1 aromatic heterocycles. The summed E-state index contributed by atoms with van der Waals surface area (Å²) in [4.78, 5) is 20.4. The Morgan fingerprint density at radius 2 is 1.91 bits per heavy atom. The number of hydrogen-bond acceptors (Lipinski definition) is 4. The van der Waals surface area contributed by atoms with Gasteiger partial charge in [-0.05, 0) is 24.3 Å². The molecule has 114 valence electrons. The van der Waals surface area contributed by atoms with Gasteiger partial charge in [0.15, 0.2) is 0 Å². The SMILES string of the molecule is O=C(c1ccc(Cl)cn1)N1CCN(c2cccc(O)c2)CC1. The van der Waals surface area contributed by atoms with Crippen LogP contribution in [0.4, 0.5) is 5.69 Å². The largest absolute Gasteiger partial charge is 0.508 e. The topological polar surface area (TPSA) is 56.7 Å². The van der Waals surface area contributed by atoms with Crippen molar-refractivity contribution in [1.29, 1.82) is 0 Å². The number of carbonyl (C=O) groups excluding carboxylic acids is 1. The second-order valence-corrected chi connectivity index (χ2v) is 5.60. The molecule has 0 atom stereocenters. The van der Waals surface area contributed by atoms with E-state index in [4.69, 9.17) is 11.6 Å². The zero-order chi connectivity index (χ0) is 15.5. The van der Waals surface area contributed by atoms with Gasteiger partial charge in [-0.15, -0.1) is 0 Å². The van der Waals surface area contributed by atoms with E-state index in [1.165, 1.54) is 6.20 Å². The average Bonchev–Trinajstić information content (AvgIpc) is 2.55. The van der Waals surface area contributed by atoms with E-state index in [9.17, 15) is 9.90 Å². The van der Waals surface area contributed by atoms with Gasteiger partial charge in [-0.3, -0.25) is 4.79 Å². The third-order valence-electron chi connectivity index (χ3n) is 3.71. The van der Waals surface area contributed by atoms with Crippen LogP contribution in [0.3, 0.4) is 0 Å². The molecule has 1 aliphatic heterocycles. The summed E-state index contributed by atoms with van der Waals surface area (Å²) in [6.07, 6.45) is 1.48. The molecule has 0 spiro atoms. The number of amides is 1. The van der Waals surface area contributed by atoms with Crippen molar-refractivity contribution in [3.05, 3.63) is 53.3 Å². The summed E-state index contributed by atoms with van der Waals surface area (Å²) < 4.78 is 0. The first-order valence-corrected chi connectivity index (χ1v) is 7.46. The van der Waals surface area contributed by atoms with Crippen molar-refractivity contribution >= 4 is 23.2 Å². The predicted molar refractivity (Wildman–Crippen MR) is 85.5 cm³/mol. The lowest BCUT2D eigenvalue weighted by Gasteiger charge is -2.36. The second kappa shape index (κ2) is 6.23. The number of hydrogen-bond donors (Lipinski definition) is 1. The number of aromatic nitrogens is 1. The fourth-order valence-corrected chi connectivity index (χ4v) is 2.63. The highest BCUT2D eigenvalue weighted by atomic mass is 35.5. The maximum atomic E-state index is 12.4. The van der Waals surface area contributed by atoms with Gasteiger partial charge in [0, 0.05) is 44.1 Å². The molecule has 1 N–H and O–H groups in total. The monoisotopic (exact) mass is 317 g/mol. The highest BCUT2D eigenvalue weighted by Gasteiger charge is 2.23. The van der Waals surface area contributed by atoms with Gasteiger partial charge in [0.1, 0.15) is 11.4 Å². The Balaban J connectivity index is 1.64. The maximum absolute atomic E-state index is 12.4. The number of phenols is 1. The Morgan fingerprint density at radius 3 is 2.55 bits per heavy atom. The highest BCUT2D eigenvalue weighted by Crippen LogP contribution is 2.21. The Bertz CT molecular complexity index is 667. The molecule has 1 amide bonds. The standard InChI is InChI=1S/C16H16ClN3O2/c17-12-4-5-15(18-11-12)16(22)20-8-6-19(7-9-20)13-2-1-3-14(21)10-13/h1-5,10-11,21H,6-9H2. The number of benzene rings is 1. The number of rotatable bonds is 2. The van der Waals surface area contributed by atoms with Crippen LogP contribution in [0.5, 0.6) is 5.75 Å². The zero-order valence-electron chi connectivity index (χ0n) is 11.9. The van der Waals surface area contributed by atoms with Crippen molar-refractivity contribution in [2.24, 2.45) is 0 Å². The lowest BCUT2D eigenvalue weighted by Crippen LogP contribution is -2.49. The van der Waals surface area contributed by atoms with Gasteiger partial charge in [-0.1, -0.05) is 17.7 Å². The van der Waals surface area contributed by atoms with Gasteiger partial charge in [0.2, 0.25) is 0 Å². The molecule has 3 rings (SSSR count). The van der Waals surface area contributed by atoms with E-state index in [-0.39, 0.29) is 11.7 Å². The van der Waals surface area contributed by atoms with Crippen LogP contribution >= 0.6 is 11.6 Å². The fraction of sp³-hybridized carbons (Fsp3) is 0.250. The number of pyridine rings is 1. The van der Waals surface area contributed by atoms with E-state index in [1.807, 2.05) is 12.1 Å². The number of anilines is 1. The minimum Gasteiger partial charge on any atom is -0.508 e. The van der Waals surface area contributed by atoms with Crippen LogP contribution in [0.15, 0.2) is 42.6 Å². The first kappa shape index (κ1) is 14.7. The van der Waals surface area contributed by atoms with E-state index in [0.717, 1.165) is 18.8 Å². The summed E-state index contributed by atoms with van der Waals surface area (Å²) in [6, 6.07) is 10.5. The molecule has 2 heterocycles. The molecule has 0 radical (unpaired) electrons. The Kier molecular flexibility index (Phi) is 4.15. The number of halogens is 1. The summed E-state index contributed by atoms with van der Waals surface area (Å²) in [5.74, 6) is 0.175. The normalized spacial score (nSPS) is 15.0. The van der Waals surface area contributed by atoms with Gasteiger partial charge in [0.05, 0.1) is 5.02 Å². The van der Waals surface area contributed by atoms with Gasteiger partial charge >= 0.3 is 0 Å². The molecular formula is C16H16ClN3O2. The van der Waals surface area contributed by atoms with E-state index in [2.05, 4.69) is 9.88 Å². The second-order valence-electron chi connectivity index (χ2n) is 5.16. The van der Waals surface area contributed by atoms with Crippen molar-refractivity contribution in [3.8, 4) is 5.75 Å². The molecule has 0 bridgehead atoms. The first-order valence-electron chi connectivity index (χ1n) is 7.08. The summed E-state index contributed by atoms with van der Waals surface area (Å²) >= 11 is 5.79. The van der Waals surface area contributed by atoms with Crippen LogP contribution in [0.1, 0.15) is 10.5 Å². The summed E-state index contributed by atoms with van der Waals surface area (Å²) in [5.41, 5.74) is 1.38. The van der Waals surface area contributed by atoms with E-state index in [1.54, 1.807) is 29.2 Å².